The molecule has 3 unspecified atom stereocenters. The van der Waals surface area contributed by atoms with Gasteiger partial charge in [-0.15, -0.1) is 0 Å². The third kappa shape index (κ3) is 3.71. The molecule has 1 heterocycles. The van der Waals surface area contributed by atoms with Crippen molar-refractivity contribution < 1.29 is 9.90 Å². The molecule has 120 valence electrons. The number of carbonyl (C=O) groups excluding carboxylic acids is 1. The second-order valence-corrected chi connectivity index (χ2v) is 5.83. The molecule has 1 aromatic carbocycles. The summed E-state index contributed by atoms with van der Waals surface area (Å²) in [4.78, 5) is 17.7. The Balaban J connectivity index is 1.97. The van der Waals surface area contributed by atoms with Crippen LogP contribution in [0.15, 0.2) is 35.3 Å². The highest BCUT2D eigenvalue weighted by molar-refractivity contribution is 6.02. The van der Waals surface area contributed by atoms with Crippen LogP contribution in [0.2, 0.25) is 0 Å². The van der Waals surface area contributed by atoms with E-state index in [0.29, 0.717) is 0 Å². The summed E-state index contributed by atoms with van der Waals surface area (Å²) < 4.78 is 0. The molecule has 0 fully saturated rings. The van der Waals surface area contributed by atoms with Crippen LogP contribution in [0.3, 0.4) is 0 Å². The van der Waals surface area contributed by atoms with Crippen molar-refractivity contribution in [3.8, 4) is 0 Å². The fourth-order valence-corrected chi connectivity index (χ4v) is 2.73. The van der Waals surface area contributed by atoms with E-state index in [1.807, 2.05) is 18.2 Å². The standard InChI is InChI=1S/C16H24N4O2/c1-12(21)10-20-14(19-11-16(20,18)15(17)22)9-5-8-13-6-3-2-4-7-13/h2-4,6-7,11-12,14,21H,5,8-10,18H2,1H3,(H2,17,22). The first kappa shape index (κ1) is 16.6. The molecule has 0 bridgehead atoms. The van der Waals surface area contributed by atoms with Gasteiger partial charge in [0.05, 0.1) is 6.10 Å². The number of benzene rings is 1. The third-order valence-electron chi connectivity index (χ3n) is 3.90. The highest BCUT2D eigenvalue weighted by atomic mass is 16.3. The van der Waals surface area contributed by atoms with Gasteiger partial charge in [-0.3, -0.25) is 9.79 Å². The van der Waals surface area contributed by atoms with Gasteiger partial charge in [-0.1, -0.05) is 30.3 Å². The number of carbonyl (C=O) groups is 1. The predicted octanol–water partition coefficient (Wildman–Crippen LogP) is 0.243. The molecule has 1 aromatic rings. The number of aryl methyl sites for hydroxylation is 1. The SMILES string of the molecule is CC(O)CN1C(CCCc2ccccc2)N=CC1(N)C(N)=O. The molecule has 0 aliphatic carbocycles. The molecule has 2 rings (SSSR count). The topological polar surface area (TPSA) is 105 Å². The number of aliphatic hydroxyl groups is 1. The second kappa shape index (κ2) is 7.00. The lowest BCUT2D eigenvalue weighted by Gasteiger charge is -2.34. The van der Waals surface area contributed by atoms with Gasteiger partial charge in [0, 0.05) is 12.8 Å². The van der Waals surface area contributed by atoms with E-state index in [9.17, 15) is 9.90 Å². The minimum Gasteiger partial charge on any atom is -0.392 e. The first-order valence-corrected chi connectivity index (χ1v) is 7.55. The number of aliphatic imine (C=N–C) groups is 1. The van der Waals surface area contributed by atoms with Crippen molar-refractivity contribution in [2.24, 2.45) is 16.5 Å². The second-order valence-electron chi connectivity index (χ2n) is 5.83. The van der Waals surface area contributed by atoms with E-state index in [2.05, 4.69) is 17.1 Å². The van der Waals surface area contributed by atoms with Crippen molar-refractivity contribution in [1.29, 1.82) is 0 Å². The van der Waals surface area contributed by atoms with Crippen LogP contribution in [-0.4, -0.2) is 46.6 Å². The summed E-state index contributed by atoms with van der Waals surface area (Å²) in [5.41, 5.74) is 11.3. The summed E-state index contributed by atoms with van der Waals surface area (Å²) in [5.74, 6) is -0.651. The van der Waals surface area contributed by atoms with Crippen molar-refractivity contribution >= 4 is 12.1 Å². The molecule has 5 N–H and O–H groups in total. The fraction of sp³-hybridized carbons (Fsp3) is 0.500. The zero-order valence-corrected chi connectivity index (χ0v) is 12.9. The number of nitrogens with two attached hydrogens (primary N) is 2. The molecular weight excluding hydrogens is 280 g/mol. The van der Waals surface area contributed by atoms with Gasteiger partial charge in [0.25, 0.3) is 5.91 Å². The summed E-state index contributed by atoms with van der Waals surface area (Å²) >= 11 is 0. The Morgan fingerprint density at radius 2 is 2.14 bits per heavy atom. The van der Waals surface area contributed by atoms with Crippen LogP contribution < -0.4 is 11.5 Å². The zero-order valence-electron chi connectivity index (χ0n) is 12.9. The summed E-state index contributed by atoms with van der Waals surface area (Å²) in [6.45, 7) is 1.91. The molecule has 22 heavy (non-hydrogen) atoms. The van der Waals surface area contributed by atoms with Gasteiger partial charge in [-0.05, 0) is 31.7 Å². The summed E-state index contributed by atoms with van der Waals surface area (Å²) in [6, 6.07) is 10.2. The van der Waals surface area contributed by atoms with Gasteiger partial charge in [-0.2, -0.15) is 0 Å². The van der Waals surface area contributed by atoms with Crippen molar-refractivity contribution in [3.05, 3.63) is 35.9 Å². The molecule has 0 spiro atoms. The maximum atomic E-state index is 11.6. The van der Waals surface area contributed by atoms with Crippen molar-refractivity contribution in [1.82, 2.24) is 4.90 Å². The monoisotopic (exact) mass is 304 g/mol. The van der Waals surface area contributed by atoms with Crippen LogP contribution in [0.4, 0.5) is 0 Å². The maximum Gasteiger partial charge on any atom is 0.258 e. The quantitative estimate of drug-likeness (QED) is 0.671. The smallest absolute Gasteiger partial charge is 0.258 e. The van der Waals surface area contributed by atoms with Gasteiger partial charge >= 0.3 is 0 Å². The van der Waals surface area contributed by atoms with Crippen LogP contribution in [0.1, 0.15) is 25.3 Å². The van der Waals surface area contributed by atoms with Gasteiger partial charge in [0.2, 0.25) is 0 Å². The zero-order chi connectivity index (χ0) is 16.2. The Bertz CT molecular complexity index is 532. The van der Waals surface area contributed by atoms with Crippen LogP contribution >= 0.6 is 0 Å². The lowest BCUT2D eigenvalue weighted by atomic mass is 10.1. The summed E-state index contributed by atoms with van der Waals surface area (Å²) in [7, 11) is 0. The lowest BCUT2D eigenvalue weighted by molar-refractivity contribution is -0.127. The lowest BCUT2D eigenvalue weighted by Crippen LogP contribution is -2.65. The molecule has 0 saturated carbocycles. The van der Waals surface area contributed by atoms with E-state index < -0.39 is 17.7 Å². The average Bonchev–Trinajstić information content (AvgIpc) is 2.78. The van der Waals surface area contributed by atoms with Gasteiger partial charge in [0.1, 0.15) is 6.17 Å². The maximum absolute atomic E-state index is 11.6. The Kier molecular flexibility index (Phi) is 5.28. The number of β-amino-alcohol motifs (C(OH)–C–C–N with tert-alkyl or cyclic N) is 1. The third-order valence-corrected chi connectivity index (χ3v) is 3.90. The van der Waals surface area contributed by atoms with Crippen LogP contribution in [0.5, 0.6) is 0 Å². The molecule has 0 saturated heterocycles. The minimum absolute atomic E-state index is 0.226. The number of nitrogens with zero attached hydrogens (tertiary/aromatic N) is 2. The van der Waals surface area contributed by atoms with E-state index in [1.54, 1.807) is 11.8 Å². The molecule has 0 aromatic heterocycles. The van der Waals surface area contributed by atoms with Crippen LogP contribution in [-0.2, 0) is 11.2 Å². The first-order valence-electron chi connectivity index (χ1n) is 7.55. The highest BCUT2D eigenvalue weighted by Gasteiger charge is 2.45. The van der Waals surface area contributed by atoms with Crippen molar-refractivity contribution in [3.63, 3.8) is 0 Å². The Labute approximate surface area is 130 Å². The number of aliphatic hydroxyl groups excluding tert-OH is 1. The van der Waals surface area contributed by atoms with E-state index in [1.165, 1.54) is 11.8 Å². The average molecular weight is 304 g/mol. The molecule has 1 amide bonds. The molecule has 6 heteroatoms. The van der Waals surface area contributed by atoms with Gasteiger partial charge < -0.3 is 16.6 Å². The van der Waals surface area contributed by atoms with Gasteiger partial charge in [-0.25, -0.2) is 4.90 Å². The fourth-order valence-electron chi connectivity index (χ4n) is 2.73. The molecule has 1 aliphatic rings. The number of primary amides is 1. The van der Waals surface area contributed by atoms with Crippen LogP contribution in [0.25, 0.3) is 0 Å². The first-order chi connectivity index (χ1) is 10.4. The number of hydrogen-bond donors (Lipinski definition) is 3. The van der Waals surface area contributed by atoms with E-state index in [0.717, 1.165) is 19.3 Å². The van der Waals surface area contributed by atoms with Crippen molar-refractivity contribution in [2.75, 3.05) is 6.54 Å². The minimum atomic E-state index is -1.41. The number of rotatable bonds is 7. The Morgan fingerprint density at radius 3 is 2.73 bits per heavy atom. The molecule has 0 radical (unpaired) electrons. The van der Waals surface area contributed by atoms with Crippen LogP contribution in [0, 0.1) is 0 Å². The van der Waals surface area contributed by atoms with E-state index in [-0.39, 0.29) is 12.7 Å². The molecule has 3 atom stereocenters. The largest absolute Gasteiger partial charge is 0.392 e. The predicted molar refractivity (Wildman–Crippen MR) is 86.2 cm³/mol. The Morgan fingerprint density at radius 1 is 1.45 bits per heavy atom. The summed E-state index contributed by atoms with van der Waals surface area (Å²) in [5, 5.41) is 9.64. The van der Waals surface area contributed by atoms with Crippen molar-refractivity contribution in [2.45, 2.75) is 44.1 Å². The van der Waals surface area contributed by atoms with E-state index in [4.69, 9.17) is 11.5 Å². The Hall–Kier alpha value is -1.76. The number of hydrogen-bond acceptors (Lipinski definition) is 5. The normalized spacial score (nSPS) is 26.2. The highest BCUT2D eigenvalue weighted by Crippen LogP contribution is 2.23. The summed E-state index contributed by atoms with van der Waals surface area (Å²) in [6.07, 6.45) is 3.17. The van der Waals surface area contributed by atoms with E-state index >= 15 is 0 Å². The van der Waals surface area contributed by atoms with Gasteiger partial charge in [0.15, 0.2) is 5.66 Å². The molecule has 1 aliphatic heterocycles. The number of amides is 1. The molecular formula is C16H24N4O2. The molecule has 6 nitrogen and oxygen atoms in total.